The molecule has 0 atom stereocenters. The van der Waals surface area contributed by atoms with E-state index in [1.807, 2.05) is 13.1 Å². The molecule has 4 aromatic rings. The molecule has 5 rings (SSSR count). The molecule has 0 aliphatic carbocycles. The molecule has 154 valence electrons. The van der Waals surface area contributed by atoms with Crippen molar-refractivity contribution in [3.8, 4) is 11.5 Å². The number of carbonyl (C=O) groups is 1. The van der Waals surface area contributed by atoms with Gasteiger partial charge in [0.2, 0.25) is 5.89 Å². The van der Waals surface area contributed by atoms with Gasteiger partial charge in [0.05, 0.1) is 6.20 Å². The Kier molecular flexibility index (Phi) is 4.59. The number of nitrogens with zero attached hydrogens (tertiary/aromatic N) is 4. The van der Waals surface area contributed by atoms with Crippen molar-refractivity contribution in [2.24, 2.45) is 0 Å². The molecule has 2 aromatic carbocycles. The molecule has 1 aliphatic heterocycles. The zero-order valence-corrected chi connectivity index (χ0v) is 17.7. The average molecular weight is 402 g/mol. The third-order valence-corrected chi connectivity index (χ3v) is 6.32. The second-order valence-corrected chi connectivity index (χ2v) is 7.89. The Labute approximate surface area is 175 Å². The Morgan fingerprint density at radius 2 is 1.93 bits per heavy atom. The van der Waals surface area contributed by atoms with Gasteiger partial charge < -0.3 is 18.8 Å². The van der Waals surface area contributed by atoms with E-state index >= 15 is 0 Å². The second kappa shape index (κ2) is 7.29. The topological polar surface area (TPSA) is 54.5 Å². The molecular formula is C24H26N4O2. The number of likely N-dealkylation sites (N-methyl/N-ethyl adjacent to an activating group) is 1. The summed E-state index contributed by atoms with van der Waals surface area (Å²) in [5.41, 5.74) is 5.25. The molecule has 0 saturated heterocycles. The lowest BCUT2D eigenvalue weighted by Gasteiger charge is -2.19. The van der Waals surface area contributed by atoms with Crippen LogP contribution in [0.1, 0.15) is 29.8 Å². The highest BCUT2D eigenvalue weighted by Gasteiger charge is 2.28. The predicted molar refractivity (Wildman–Crippen MR) is 119 cm³/mol. The number of oxazole rings is 1. The van der Waals surface area contributed by atoms with Crippen LogP contribution in [0, 0.1) is 0 Å². The minimum absolute atomic E-state index is 0.0970. The van der Waals surface area contributed by atoms with Crippen molar-refractivity contribution >= 4 is 27.7 Å². The Balaban J connectivity index is 1.74. The molecule has 0 unspecified atom stereocenters. The average Bonchev–Trinajstić information content (AvgIpc) is 3.47. The fraction of sp³-hybridized carbons (Fsp3) is 0.333. The molecular weight excluding hydrogens is 376 g/mol. The largest absolute Gasteiger partial charge is 0.445 e. The molecule has 6 nitrogen and oxygen atoms in total. The molecule has 3 heterocycles. The summed E-state index contributed by atoms with van der Waals surface area (Å²) in [6, 6.07) is 10.5. The van der Waals surface area contributed by atoms with E-state index in [2.05, 4.69) is 52.6 Å². The number of amides is 1. The molecule has 0 fully saturated rings. The van der Waals surface area contributed by atoms with Gasteiger partial charge in [-0.15, -0.1) is 0 Å². The molecule has 2 aromatic heterocycles. The molecule has 0 saturated carbocycles. The van der Waals surface area contributed by atoms with Crippen LogP contribution in [0.15, 0.2) is 47.2 Å². The fourth-order valence-corrected chi connectivity index (χ4v) is 4.66. The normalized spacial score (nSPS) is 13.9. The summed E-state index contributed by atoms with van der Waals surface area (Å²) in [6.45, 7) is 9.02. The van der Waals surface area contributed by atoms with Crippen LogP contribution in [0.5, 0.6) is 0 Å². The minimum atomic E-state index is 0.0970. The summed E-state index contributed by atoms with van der Waals surface area (Å²) in [4.78, 5) is 21.2. The molecule has 6 heteroatoms. The SMILES string of the molecule is CCN(CC)CCn1c2ccc(-c3ncco3)cc2c2c3c(ccc21)C(=O)N(C)C3. The zero-order chi connectivity index (χ0) is 20.8. The standard InChI is InChI=1S/C24H26N4O2/c1-4-27(5-2)11-12-28-20-8-6-16(23-25-10-13-30-23)14-18(20)22-19-15-26(3)24(29)17(19)7-9-21(22)28/h6-10,13-14H,4-5,11-12,15H2,1-3H3. The van der Waals surface area contributed by atoms with Gasteiger partial charge in [-0.1, -0.05) is 13.8 Å². The van der Waals surface area contributed by atoms with E-state index in [1.54, 1.807) is 17.4 Å². The van der Waals surface area contributed by atoms with Crippen LogP contribution in [-0.2, 0) is 13.1 Å². The number of carbonyl (C=O) groups excluding carboxylic acids is 1. The lowest BCUT2D eigenvalue weighted by atomic mass is 10.0. The van der Waals surface area contributed by atoms with E-state index in [0.717, 1.165) is 48.3 Å². The first-order chi connectivity index (χ1) is 14.6. The monoisotopic (exact) mass is 402 g/mol. The van der Waals surface area contributed by atoms with E-state index in [9.17, 15) is 4.79 Å². The van der Waals surface area contributed by atoms with Crippen LogP contribution in [0.3, 0.4) is 0 Å². The third-order valence-electron chi connectivity index (χ3n) is 6.32. The van der Waals surface area contributed by atoms with Gasteiger partial charge in [0.15, 0.2) is 0 Å². The smallest absolute Gasteiger partial charge is 0.254 e. The van der Waals surface area contributed by atoms with Crippen molar-refractivity contribution in [2.75, 3.05) is 26.7 Å². The summed E-state index contributed by atoms with van der Waals surface area (Å²) in [5.74, 6) is 0.710. The van der Waals surface area contributed by atoms with Gasteiger partial charge in [-0.25, -0.2) is 4.98 Å². The maximum Gasteiger partial charge on any atom is 0.254 e. The van der Waals surface area contributed by atoms with Gasteiger partial charge in [0.1, 0.15) is 6.26 Å². The lowest BCUT2D eigenvalue weighted by molar-refractivity contribution is 0.0816. The van der Waals surface area contributed by atoms with Crippen molar-refractivity contribution in [1.82, 2.24) is 19.4 Å². The molecule has 30 heavy (non-hydrogen) atoms. The first-order valence-corrected chi connectivity index (χ1v) is 10.6. The molecule has 0 N–H and O–H groups in total. The van der Waals surface area contributed by atoms with Gasteiger partial charge in [-0.3, -0.25) is 4.79 Å². The summed E-state index contributed by atoms with van der Waals surface area (Å²) in [7, 11) is 1.87. The van der Waals surface area contributed by atoms with Crippen molar-refractivity contribution in [3.05, 3.63) is 53.9 Å². The van der Waals surface area contributed by atoms with Crippen LogP contribution < -0.4 is 0 Å². The first kappa shape index (κ1) is 18.9. The van der Waals surface area contributed by atoms with Gasteiger partial charge in [-0.2, -0.15) is 0 Å². The maximum atomic E-state index is 12.6. The first-order valence-electron chi connectivity index (χ1n) is 10.6. The minimum Gasteiger partial charge on any atom is -0.445 e. The Morgan fingerprint density at radius 1 is 1.13 bits per heavy atom. The van der Waals surface area contributed by atoms with E-state index in [4.69, 9.17) is 4.42 Å². The number of rotatable bonds is 6. The number of hydrogen-bond acceptors (Lipinski definition) is 4. The van der Waals surface area contributed by atoms with E-state index in [0.29, 0.717) is 12.4 Å². The Bertz CT molecular complexity index is 1240. The van der Waals surface area contributed by atoms with Gasteiger partial charge in [0, 0.05) is 59.6 Å². The molecule has 1 amide bonds. The van der Waals surface area contributed by atoms with Gasteiger partial charge >= 0.3 is 0 Å². The van der Waals surface area contributed by atoms with Crippen LogP contribution in [0.2, 0.25) is 0 Å². The predicted octanol–water partition coefficient (Wildman–Crippen LogP) is 4.38. The number of benzene rings is 2. The third kappa shape index (κ3) is 2.82. The molecule has 1 aliphatic rings. The lowest BCUT2D eigenvalue weighted by Crippen LogP contribution is -2.26. The summed E-state index contributed by atoms with van der Waals surface area (Å²) in [5, 5.41) is 2.33. The van der Waals surface area contributed by atoms with Gasteiger partial charge in [-0.05, 0) is 49.0 Å². The quantitative estimate of drug-likeness (QED) is 0.480. The number of aromatic nitrogens is 2. The van der Waals surface area contributed by atoms with Crippen LogP contribution >= 0.6 is 0 Å². The molecule has 0 spiro atoms. The van der Waals surface area contributed by atoms with Crippen molar-refractivity contribution in [3.63, 3.8) is 0 Å². The van der Waals surface area contributed by atoms with Crippen molar-refractivity contribution in [2.45, 2.75) is 26.9 Å². The summed E-state index contributed by atoms with van der Waals surface area (Å²) < 4.78 is 7.93. The number of fused-ring (bicyclic) bond motifs is 5. The highest BCUT2D eigenvalue weighted by molar-refractivity contribution is 6.15. The van der Waals surface area contributed by atoms with Crippen molar-refractivity contribution < 1.29 is 9.21 Å². The van der Waals surface area contributed by atoms with Crippen molar-refractivity contribution in [1.29, 1.82) is 0 Å². The fourth-order valence-electron chi connectivity index (χ4n) is 4.66. The van der Waals surface area contributed by atoms with Crippen LogP contribution in [0.4, 0.5) is 0 Å². The Morgan fingerprint density at radius 3 is 2.67 bits per heavy atom. The summed E-state index contributed by atoms with van der Waals surface area (Å²) in [6.07, 6.45) is 3.26. The number of hydrogen-bond donors (Lipinski definition) is 0. The Hall–Kier alpha value is -3.12. The van der Waals surface area contributed by atoms with Crippen LogP contribution in [-0.4, -0.2) is 51.9 Å². The van der Waals surface area contributed by atoms with E-state index < -0.39 is 0 Å². The molecule has 0 bridgehead atoms. The summed E-state index contributed by atoms with van der Waals surface area (Å²) >= 11 is 0. The van der Waals surface area contributed by atoms with Gasteiger partial charge in [0.25, 0.3) is 5.91 Å². The van der Waals surface area contributed by atoms with Crippen LogP contribution in [0.25, 0.3) is 33.3 Å². The van der Waals surface area contributed by atoms with E-state index in [1.165, 1.54) is 16.4 Å². The maximum absolute atomic E-state index is 12.6. The highest BCUT2D eigenvalue weighted by Crippen LogP contribution is 2.38. The highest BCUT2D eigenvalue weighted by atomic mass is 16.3. The zero-order valence-electron chi connectivity index (χ0n) is 17.7. The van der Waals surface area contributed by atoms with E-state index in [-0.39, 0.29) is 5.91 Å². The molecule has 0 radical (unpaired) electrons. The second-order valence-electron chi connectivity index (χ2n) is 7.89.